The highest BCUT2D eigenvalue weighted by atomic mass is 32.2. The van der Waals surface area contributed by atoms with E-state index in [-0.39, 0.29) is 10.3 Å². The Morgan fingerprint density at radius 3 is 2.65 bits per heavy atom. The molecule has 1 atom stereocenters. The molecular weight excluding hydrogens is 308 g/mol. The molecule has 122 valence electrons. The van der Waals surface area contributed by atoms with Gasteiger partial charge in [0.1, 0.15) is 0 Å². The Balaban J connectivity index is 1.79. The van der Waals surface area contributed by atoms with Crippen molar-refractivity contribution in [2.75, 3.05) is 0 Å². The zero-order chi connectivity index (χ0) is 16.5. The molecule has 1 saturated carbocycles. The fourth-order valence-corrected chi connectivity index (χ4v) is 3.95. The van der Waals surface area contributed by atoms with E-state index in [1.54, 1.807) is 24.3 Å². The SMILES string of the molecule is Cc1ccc(S(=O)(=O)NN=C2C=CC3(C)CCCCC3=C2)cc1. The van der Waals surface area contributed by atoms with Crippen LogP contribution in [0.15, 0.2) is 58.1 Å². The largest absolute Gasteiger partial charge is 0.276 e. The van der Waals surface area contributed by atoms with Crippen molar-refractivity contribution in [3.05, 3.63) is 53.6 Å². The van der Waals surface area contributed by atoms with Crippen LogP contribution in [0.2, 0.25) is 0 Å². The Labute approximate surface area is 138 Å². The number of benzene rings is 1. The molecule has 2 aliphatic rings. The summed E-state index contributed by atoms with van der Waals surface area (Å²) in [6, 6.07) is 6.73. The Kier molecular flexibility index (Phi) is 4.15. The first-order valence-electron chi connectivity index (χ1n) is 7.96. The Bertz CT molecular complexity index is 789. The van der Waals surface area contributed by atoms with E-state index in [2.05, 4.69) is 22.9 Å². The summed E-state index contributed by atoms with van der Waals surface area (Å²) in [6.45, 7) is 4.16. The highest BCUT2D eigenvalue weighted by Crippen LogP contribution is 2.43. The summed E-state index contributed by atoms with van der Waals surface area (Å²) in [6.07, 6.45) is 10.7. The second-order valence-electron chi connectivity index (χ2n) is 6.57. The van der Waals surface area contributed by atoms with E-state index in [1.807, 2.05) is 19.1 Å². The average molecular weight is 330 g/mol. The first-order chi connectivity index (χ1) is 10.9. The molecule has 2 aliphatic carbocycles. The van der Waals surface area contributed by atoms with Crippen LogP contribution < -0.4 is 4.83 Å². The minimum absolute atomic E-state index is 0.118. The van der Waals surface area contributed by atoms with Crippen LogP contribution in [-0.2, 0) is 10.0 Å². The third-order valence-electron chi connectivity index (χ3n) is 4.70. The fraction of sp³-hybridized carbons (Fsp3) is 0.389. The van der Waals surface area contributed by atoms with Crippen molar-refractivity contribution in [3.8, 4) is 0 Å². The predicted octanol–water partition coefficient (Wildman–Crippen LogP) is 3.71. The lowest BCUT2D eigenvalue weighted by molar-refractivity contribution is 0.380. The van der Waals surface area contributed by atoms with Gasteiger partial charge >= 0.3 is 0 Å². The van der Waals surface area contributed by atoms with Gasteiger partial charge in [-0.1, -0.05) is 42.7 Å². The van der Waals surface area contributed by atoms with Crippen molar-refractivity contribution in [3.63, 3.8) is 0 Å². The lowest BCUT2D eigenvalue weighted by Crippen LogP contribution is -2.26. The fourth-order valence-electron chi connectivity index (χ4n) is 3.13. The number of nitrogens with one attached hydrogen (secondary N) is 1. The molecule has 23 heavy (non-hydrogen) atoms. The second-order valence-corrected chi connectivity index (χ2v) is 8.23. The molecule has 1 unspecified atom stereocenters. The van der Waals surface area contributed by atoms with Crippen LogP contribution in [0.3, 0.4) is 0 Å². The van der Waals surface area contributed by atoms with Crippen molar-refractivity contribution in [2.24, 2.45) is 10.5 Å². The quantitative estimate of drug-likeness (QED) is 0.859. The van der Waals surface area contributed by atoms with Crippen molar-refractivity contribution >= 4 is 15.7 Å². The molecule has 5 heteroatoms. The molecule has 0 bridgehead atoms. The molecule has 4 nitrogen and oxygen atoms in total. The van der Waals surface area contributed by atoms with Gasteiger partial charge < -0.3 is 0 Å². The summed E-state index contributed by atoms with van der Waals surface area (Å²) < 4.78 is 24.5. The van der Waals surface area contributed by atoms with Crippen LogP contribution in [0.4, 0.5) is 0 Å². The molecule has 0 aromatic heterocycles. The van der Waals surface area contributed by atoms with E-state index in [9.17, 15) is 8.42 Å². The molecule has 1 fully saturated rings. The van der Waals surface area contributed by atoms with Gasteiger partial charge in [0.25, 0.3) is 10.0 Å². The minimum atomic E-state index is -3.62. The number of rotatable bonds is 3. The number of nitrogens with zero attached hydrogens (tertiary/aromatic N) is 1. The maximum atomic E-state index is 12.3. The Morgan fingerprint density at radius 2 is 1.91 bits per heavy atom. The molecule has 3 rings (SSSR count). The number of hydrogen-bond acceptors (Lipinski definition) is 3. The predicted molar refractivity (Wildman–Crippen MR) is 92.7 cm³/mol. The van der Waals surface area contributed by atoms with Crippen molar-refractivity contribution in [1.29, 1.82) is 0 Å². The zero-order valence-corrected chi connectivity index (χ0v) is 14.4. The summed E-state index contributed by atoms with van der Waals surface area (Å²) in [7, 11) is -3.62. The van der Waals surface area contributed by atoms with E-state index in [4.69, 9.17) is 0 Å². The first-order valence-corrected chi connectivity index (χ1v) is 9.44. The van der Waals surface area contributed by atoms with E-state index < -0.39 is 10.0 Å². The maximum Gasteiger partial charge on any atom is 0.276 e. The third kappa shape index (κ3) is 3.39. The monoisotopic (exact) mass is 330 g/mol. The van der Waals surface area contributed by atoms with Gasteiger partial charge in [0.05, 0.1) is 10.6 Å². The van der Waals surface area contributed by atoms with Gasteiger partial charge in [-0.2, -0.15) is 18.4 Å². The molecular formula is C18H22N2O2S. The van der Waals surface area contributed by atoms with Gasteiger partial charge in [0, 0.05) is 5.41 Å². The average Bonchev–Trinajstić information content (AvgIpc) is 2.53. The van der Waals surface area contributed by atoms with Crippen LogP contribution in [0.25, 0.3) is 0 Å². The van der Waals surface area contributed by atoms with Gasteiger partial charge in [0.15, 0.2) is 0 Å². The van der Waals surface area contributed by atoms with Crippen LogP contribution in [0.5, 0.6) is 0 Å². The van der Waals surface area contributed by atoms with E-state index >= 15 is 0 Å². The molecule has 0 heterocycles. The number of allylic oxidation sites excluding steroid dienone is 4. The summed E-state index contributed by atoms with van der Waals surface area (Å²) in [5.74, 6) is 0. The normalized spacial score (nSPS) is 25.8. The van der Waals surface area contributed by atoms with Gasteiger partial charge in [-0.3, -0.25) is 0 Å². The van der Waals surface area contributed by atoms with E-state index in [1.165, 1.54) is 18.4 Å². The second kappa shape index (κ2) is 5.96. The molecule has 0 radical (unpaired) electrons. The summed E-state index contributed by atoms with van der Waals surface area (Å²) >= 11 is 0. The topological polar surface area (TPSA) is 58.5 Å². The molecule has 1 aromatic carbocycles. The first kappa shape index (κ1) is 16.0. The molecule has 0 aliphatic heterocycles. The molecule has 0 spiro atoms. The lowest BCUT2D eigenvalue weighted by Gasteiger charge is -2.36. The summed E-state index contributed by atoms with van der Waals surface area (Å²) in [5.41, 5.74) is 3.15. The zero-order valence-electron chi connectivity index (χ0n) is 13.5. The minimum Gasteiger partial charge on any atom is -0.200 e. The lowest BCUT2D eigenvalue weighted by atomic mass is 9.69. The van der Waals surface area contributed by atoms with Crippen LogP contribution in [-0.4, -0.2) is 14.1 Å². The molecule has 0 amide bonds. The van der Waals surface area contributed by atoms with Crippen molar-refractivity contribution < 1.29 is 8.42 Å². The number of hydrazone groups is 1. The van der Waals surface area contributed by atoms with Gasteiger partial charge in [-0.15, -0.1) is 0 Å². The Hall–Kier alpha value is -1.88. The van der Waals surface area contributed by atoms with E-state index in [0.717, 1.165) is 18.4 Å². The van der Waals surface area contributed by atoms with Gasteiger partial charge in [0.2, 0.25) is 0 Å². The smallest absolute Gasteiger partial charge is 0.200 e. The van der Waals surface area contributed by atoms with Gasteiger partial charge in [-0.25, -0.2) is 0 Å². The Morgan fingerprint density at radius 1 is 1.17 bits per heavy atom. The number of fused-ring (bicyclic) bond motifs is 1. The van der Waals surface area contributed by atoms with E-state index in [0.29, 0.717) is 5.71 Å². The van der Waals surface area contributed by atoms with Gasteiger partial charge in [-0.05, 0) is 50.5 Å². The number of aryl methyl sites for hydroxylation is 1. The number of hydrogen-bond donors (Lipinski definition) is 1. The van der Waals surface area contributed by atoms with Crippen LogP contribution in [0, 0.1) is 12.3 Å². The van der Waals surface area contributed by atoms with Crippen molar-refractivity contribution in [2.45, 2.75) is 44.4 Å². The highest BCUT2D eigenvalue weighted by molar-refractivity contribution is 7.89. The van der Waals surface area contributed by atoms with Crippen molar-refractivity contribution in [1.82, 2.24) is 4.83 Å². The van der Waals surface area contributed by atoms with Crippen LogP contribution in [0.1, 0.15) is 38.2 Å². The van der Waals surface area contributed by atoms with Crippen LogP contribution >= 0.6 is 0 Å². The highest BCUT2D eigenvalue weighted by Gasteiger charge is 2.31. The third-order valence-corrected chi connectivity index (χ3v) is 5.92. The summed E-state index contributed by atoms with van der Waals surface area (Å²) in [4.78, 5) is 2.56. The standard InChI is InChI=1S/C18H22N2O2S/c1-14-6-8-17(9-7-14)23(21,22)20-19-16-10-12-18(2)11-4-3-5-15(18)13-16/h6-10,12-13,20H,3-5,11H2,1-2H3. The summed E-state index contributed by atoms with van der Waals surface area (Å²) in [5, 5.41) is 4.09. The number of sulfonamides is 1. The maximum absolute atomic E-state index is 12.3. The molecule has 0 saturated heterocycles. The molecule has 1 aromatic rings. The molecule has 1 N–H and O–H groups in total.